The van der Waals surface area contributed by atoms with Crippen molar-refractivity contribution in [3.63, 3.8) is 0 Å². The van der Waals surface area contributed by atoms with E-state index in [9.17, 15) is 17.6 Å². The Bertz CT molecular complexity index is 831. The van der Waals surface area contributed by atoms with Gasteiger partial charge in [0.15, 0.2) is 10.8 Å². The molecular formula is C18H19BrF4N4S. The van der Waals surface area contributed by atoms with Crippen LogP contribution >= 0.6 is 28.1 Å². The number of halogens is 5. The highest BCUT2D eigenvalue weighted by Crippen LogP contribution is 2.46. The Balaban J connectivity index is 1.47. The van der Waals surface area contributed by atoms with Crippen molar-refractivity contribution in [1.29, 1.82) is 0 Å². The number of nitrogens with zero attached hydrogens (tertiary/aromatic N) is 2. The van der Waals surface area contributed by atoms with Crippen LogP contribution in [0, 0.1) is 5.82 Å². The molecule has 0 spiro atoms. The molecule has 3 rings (SSSR count). The minimum Gasteiger partial charge on any atom is -0.363 e. The second-order valence-corrected chi connectivity index (χ2v) is 7.83. The lowest BCUT2D eigenvalue weighted by Gasteiger charge is -2.11. The molecule has 1 heterocycles. The first-order valence-corrected chi connectivity index (χ1v) is 10.1. The minimum atomic E-state index is -4.47. The fourth-order valence-corrected chi connectivity index (χ4v) is 3.84. The Labute approximate surface area is 173 Å². The highest BCUT2D eigenvalue weighted by molar-refractivity contribution is 9.10. The van der Waals surface area contributed by atoms with Crippen LogP contribution in [-0.2, 0) is 19.3 Å². The average Bonchev–Trinajstić information content (AvgIpc) is 3.40. The van der Waals surface area contributed by atoms with Gasteiger partial charge in [0, 0.05) is 25.6 Å². The molecule has 0 aliphatic heterocycles. The predicted molar refractivity (Wildman–Crippen MR) is 105 cm³/mol. The molecule has 0 atom stereocenters. The van der Waals surface area contributed by atoms with Crippen molar-refractivity contribution in [3.8, 4) is 0 Å². The van der Waals surface area contributed by atoms with E-state index in [1.54, 1.807) is 12.1 Å². The summed E-state index contributed by atoms with van der Waals surface area (Å²) in [5.41, 5.74) is 0.656. The molecule has 0 radical (unpaired) electrons. The van der Waals surface area contributed by atoms with Crippen LogP contribution in [0.2, 0.25) is 0 Å². The molecule has 1 fully saturated rings. The minimum absolute atomic E-state index is 0.0620. The summed E-state index contributed by atoms with van der Waals surface area (Å²) in [5, 5.41) is 10.2. The lowest BCUT2D eigenvalue weighted by atomic mass is 10.2. The SMILES string of the molecule is Fc1ccc(CNC(=S)NCCCn2nc(C(F)(F)F)c(Br)c2C2CC2)cc1. The van der Waals surface area contributed by atoms with E-state index in [1.807, 2.05) is 0 Å². The molecule has 10 heteroatoms. The van der Waals surface area contributed by atoms with Gasteiger partial charge in [-0.25, -0.2) is 4.39 Å². The molecule has 1 aliphatic rings. The molecule has 0 saturated heterocycles. The Morgan fingerprint density at radius 1 is 1.21 bits per heavy atom. The van der Waals surface area contributed by atoms with Crippen LogP contribution in [-0.4, -0.2) is 21.4 Å². The topological polar surface area (TPSA) is 41.9 Å². The Morgan fingerprint density at radius 2 is 1.89 bits per heavy atom. The van der Waals surface area contributed by atoms with Crippen LogP contribution in [0.4, 0.5) is 17.6 Å². The zero-order valence-electron chi connectivity index (χ0n) is 14.8. The van der Waals surface area contributed by atoms with E-state index in [0.29, 0.717) is 36.9 Å². The number of hydrogen-bond acceptors (Lipinski definition) is 2. The summed E-state index contributed by atoms with van der Waals surface area (Å²) in [7, 11) is 0. The van der Waals surface area contributed by atoms with Crippen molar-refractivity contribution >= 4 is 33.3 Å². The quantitative estimate of drug-likeness (QED) is 0.342. The van der Waals surface area contributed by atoms with Crippen LogP contribution in [0.1, 0.15) is 42.1 Å². The van der Waals surface area contributed by atoms with Crippen molar-refractivity contribution in [1.82, 2.24) is 20.4 Å². The first-order chi connectivity index (χ1) is 13.3. The lowest BCUT2D eigenvalue weighted by molar-refractivity contribution is -0.142. The summed E-state index contributed by atoms with van der Waals surface area (Å²) >= 11 is 8.27. The molecular weight excluding hydrogens is 460 g/mol. The number of aryl methyl sites for hydroxylation is 1. The average molecular weight is 479 g/mol. The maximum absolute atomic E-state index is 13.1. The van der Waals surface area contributed by atoms with E-state index in [-0.39, 0.29) is 16.2 Å². The normalized spacial score (nSPS) is 14.2. The summed E-state index contributed by atoms with van der Waals surface area (Å²) in [6.07, 6.45) is -2.13. The highest BCUT2D eigenvalue weighted by atomic mass is 79.9. The number of nitrogens with one attached hydrogen (secondary N) is 2. The Kier molecular flexibility index (Phi) is 6.59. The number of aromatic nitrogens is 2. The van der Waals surface area contributed by atoms with Gasteiger partial charge in [-0.1, -0.05) is 12.1 Å². The van der Waals surface area contributed by atoms with Crippen molar-refractivity contribution in [3.05, 3.63) is 51.5 Å². The van der Waals surface area contributed by atoms with Gasteiger partial charge in [-0.05, 0) is 65.1 Å². The molecule has 0 bridgehead atoms. The van der Waals surface area contributed by atoms with Gasteiger partial charge < -0.3 is 10.6 Å². The van der Waals surface area contributed by atoms with E-state index in [4.69, 9.17) is 12.2 Å². The molecule has 1 aromatic heterocycles. The second-order valence-electron chi connectivity index (χ2n) is 6.63. The summed E-state index contributed by atoms with van der Waals surface area (Å²) < 4.78 is 53.7. The van der Waals surface area contributed by atoms with Gasteiger partial charge in [0.2, 0.25) is 0 Å². The number of thiocarbonyl (C=S) groups is 1. The van der Waals surface area contributed by atoms with Crippen molar-refractivity contribution in [2.24, 2.45) is 0 Å². The summed E-state index contributed by atoms with van der Waals surface area (Å²) in [5.74, 6) is -0.154. The van der Waals surface area contributed by atoms with Gasteiger partial charge >= 0.3 is 6.18 Å². The van der Waals surface area contributed by atoms with Crippen molar-refractivity contribution in [2.45, 2.75) is 44.4 Å². The highest BCUT2D eigenvalue weighted by Gasteiger charge is 2.41. The van der Waals surface area contributed by atoms with Crippen LogP contribution < -0.4 is 10.6 Å². The van der Waals surface area contributed by atoms with Crippen LogP contribution in [0.25, 0.3) is 0 Å². The van der Waals surface area contributed by atoms with Gasteiger partial charge in [0.25, 0.3) is 0 Å². The summed E-state index contributed by atoms with van der Waals surface area (Å²) in [6.45, 7) is 1.32. The van der Waals surface area contributed by atoms with Crippen molar-refractivity contribution in [2.75, 3.05) is 6.54 Å². The van der Waals surface area contributed by atoms with Crippen LogP contribution in [0.5, 0.6) is 0 Å². The van der Waals surface area contributed by atoms with Crippen LogP contribution in [0.15, 0.2) is 28.7 Å². The number of alkyl halides is 3. The van der Waals surface area contributed by atoms with Gasteiger partial charge in [-0.3, -0.25) is 4.68 Å². The van der Waals surface area contributed by atoms with E-state index in [1.165, 1.54) is 16.8 Å². The fourth-order valence-electron chi connectivity index (χ4n) is 2.83. The molecule has 4 nitrogen and oxygen atoms in total. The summed E-state index contributed by atoms with van der Waals surface area (Å²) in [4.78, 5) is 0. The Morgan fingerprint density at radius 3 is 2.50 bits per heavy atom. The zero-order chi connectivity index (χ0) is 20.3. The number of hydrogen-bond donors (Lipinski definition) is 2. The molecule has 28 heavy (non-hydrogen) atoms. The standard InChI is InChI=1S/C18H19BrF4N4S/c19-14-15(12-4-5-12)27(26-16(14)18(21,22)23)9-1-8-24-17(28)25-10-11-2-6-13(20)7-3-11/h2-3,6-7,12H,1,4-5,8-10H2,(H2,24,25,28). The number of rotatable bonds is 7. The van der Waals surface area contributed by atoms with Gasteiger partial charge in [0.1, 0.15) is 5.82 Å². The maximum Gasteiger partial charge on any atom is 0.436 e. The molecule has 1 aliphatic carbocycles. The molecule has 2 aromatic rings. The first kappa shape index (κ1) is 21.0. The summed E-state index contributed by atoms with van der Waals surface area (Å²) in [6, 6.07) is 6.08. The van der Waals surface area contributed by atoms with Crippen molar-refractivity contribution < 1.29 is 17.6 Å². The molecule has 2 N–H and O–H groups in total. The molecule has 1 aromatic carbocycles. The Hall–Kier alpha value is -1.68. The fraction of sp³-hybridized carbons (Fsp3) is 0.444. The third-order valence-corrected chi connectivity index (χ3v) is 5.43. The third kappa shape index (κ3) is 5.44. The van der Waals surface area contributed by atoms with E-state index < -0.39 is 11.9 Å². The lowest BCUT2D eigenvalue weighted by Crippen LogP contribution is -2.35. The predicted octanol–water partition coefficient (Wildman–Crippen LogP) is 4.74. The van der Waals surface area contributed by atoms with Gasteiger partial charge in [0.05, 0.1) is 10.2 Å². The molecule has 0 unspecified atom stereocenters. The van der Waals surface area contributed by atoms with E-state index in [0.717, 1.165) is 18.4 Å². The largest absolute Gasteiger partial charge is 0.436 e. The first-order valence-electron chi connectivity index (χ1n) is 8.85. The van der Waals surface area contributed by atoms with Gasteiger partial charge in [-0.2, -0.15) is 18.3 Å². The zero-order valence-corrected chi connectivity index (χ0v) is 17.2. The van der Waals surface area contributed by atoms with Crippen LogP contribution in [0.3, 0.4) is 0 Å². The third-order valence-electron chi connectivity index (χ3n) is 4.36. The number of benzene rings is 1. The monoisotopic (exact) mass is 478 g/mol. The van der Waals surface area contributed by atoms with Gasteiger partial charge in [-0.15, -0.1) is 0 Å². The van der Waals surface area contributed by atoms with E-state index in [2.05, 4.69) is 31.7 Å². The molecule has 1 saturated carbocycles. The van der Waals surface area contributed by atoms with E-state index >= 15 is 0 Å². The molecule has 152 valence electrons. The second kappa shape index (κ2) is 8.77. The smallest absolute Gasteiger partial charge is 0.363 e. The maximum atomic E-state index is 13.1. The molecule has 0 amide bonds.